The van der Waals surface area contributed by atoms with Crippen molar-refractivity contribution >= 4 is 40.1 Å². The van der Waals surface area contributed by atoms with E-state index in [4.69, 9.17) is 10.7 Å². The molecule has 0 atom stereocenters. The van der Waals surface area contributed by atoms with E-state index in [0.29, 0.717) is 40.2 Å². The number of nitrogen functional groups attached to an aromatic ring is 1. The van der Waals surface area contributed by atoms with Gasteiger partial charge in [0.2, 0.25) is 0 Å². The molecule has 1 amide bonds. The van der Waals surface area contributed by atoms with E-state index < -0.39 is 0 Å². The Morgan fingerprint density at radius 1 is 1.17 bits per heavy atom. The molecule has 0 radical (unpaired) electrons. The van der Waals surface area contributed by atoms with Gasteiger partial charge < -0.3 is 11.1 Å². The van der Waals surface area contributed by atoms with E-state index in [1.165, 1.54) is 4.68 Å². The van der Waals surface area contributed by atoms with Crippen molar-refractivity contribution < 1.29 is 4.79 Å². The number of benzene rings is 2. The standard InChI is InChI=1S/C23H24N6O/c1-14(2)12-25-23(30)19-20-22(28-18-10-5-4-9-17(18)27-20)29(21(19)24)26-13-16-8-6-7-15(3)11-16/h4-11,13-14H,12,24H2,1-3H3,(H,25,30). The van der Waals surface area contributed by atoms with Gasteiger partial charge in [-0.2, -0.15) is 9.78 Å². The Morgan fingerprint density at radius 2 is 1.90 bits per heavy atom. The van der Waals surface area contributed by atoms with Gasteiger partial charge in [-0.25, -0.2) is 9.97 Å². The Labute approximate surface area is 174 Å². The van der Waals surface area contributed by atoms with E-state index >= 15 is 0 Å². The number of para-hydroxylation sites is 2. The summed E-state index contributed by atoms with van der Waals surface area (Å²) in [7, 11) is 0. The van der Waals surface area contributed by atoms with Crippen LogP contribution in [0, 0.1) is 12.8 Å². The largest absolute Gasteiger partial charge is 0.383 e. The quantitative estimate of drug-likeness (QED) is 0.499. The minimum atomic E-state index is -0.278. The summed E-state index contributed by atoms with van der Waals surface area (Å²) in [6.07, 6.45) is 1.70. The number of hydrogen-bond acceptors (Lipinski definition) is 5. The zero-order valence-corrected chi connectivity index (χ0v) is 17.3. The van der Waals surface area contributed by atoms with Crippen molar-refractivity contribution in [3.63, 3.8) is 0 Å². The maximum absolute atomic E-state index is 12.9. The van der Waals surface area contributed by atoms with Gasteiger partial charge in [0, 0.05) is 6.54 Å². The summed E-state index contributed by atoms with van der Waals surface area (Å²) in [6.45, 7) is 6.63. The third kappa shape index (κ3) is 3.74. The van der Waals surface area contributed by atoms with Crippen LogP contribution >= 0.6 is 0 Å². The number of carbonyl (C=O) groups excluding carboxylic acids is 1. The van der Waals surface area contributed by atoms with Crippen LogP contribution in [0.2, 0.25) is 0 Å². The maximum atomic E-state index is 12.9. The molecule has 3 N–H and O–H groups in total. The fourth-order valence-electron chi connectivity index (χ4n) is 3.25. The Morgan fingerprint density at radius 3 is 2.60 bits per heavy atom. The lowest BCUT2D eigenvalue weighted by atomic mass is 10.2. The molecule has 30 heavy (non-hydrogen) atoms. The average molecular weight is 400 g/mol. The van der Waals surface area contributed by atoms with Crippen LogP contribution in [0.1, 0.15) is 35.3 Å². The normalized spacial score (nSPS) is 11.7. The van der Waals surface area contributed by atoms with E-state index in [1.54, 1.807) is 6.21 Å². The van der Waals surface area contributed by atoms with Crippen LogP contribution in [-0.4, -0.2) is 33.3 Å². The summed E-state index contributed by atoms with van der Waals surface area (Å²) in [4.78, 5) is 22.3. The predicted molar refractivity (Wildman–Crippen MR) is 121 cm³/mol. The topological polar surface area (TPSA) is 98.2 Å². The van der Waals surface area contributed by atoms with Gasteiger partial charge in [0.25, 0.3) is 5.91 Å². The second kappa shape index (κ2) is 7.94. The molecule has 0 aliphatic carbocycles. The number of rotatable bonds is 5. The van der Waals surface area contributed by atoms with Crippen LogP contribution in [0.3, 0.4) is 0 Å². The molecule has 7 nitrogen and oxygen atoms in total. The number of amides is 1. The SMILES string of the molecule is Cc1cccc(C=Nn2c(N)c(C(=O)NCC(C)C)c3nc4ccccc4nc32)c1. The van der Waals surface area contributed by atoms with Crippen LogP contribution < -0.4 is 11.1 Å². The van der Waals surface area contributed by atoms with Gasteiger partial charge in [-0.15, -0.1) is 0 Å². The minimum Gasteiger partial charge on any atom is -0.383 e. The molecule has 4 rings (SSSR count). The molecular weight excluding hydrogens is 376 g/mol. The monoisotopic (exact) mass is 400 g/mol. The molecule has 0 saturated heterocycles. The second-order valence-electron chi connectivity index (χ2n) is 7.72. The van der Waals surface area contributed by atoms with Gasteiger partial charge in [-0.3, -0.25) is 4.79 Å². The highest BCUT2D eigenvalue weighted by atomic mass is 16.1. The number of nitrogens with one attached hydrogen (secondary N) is 1. The number of anilines is 1. The fourth-order valence-corrected chi connectivity index (χ4v) is 3.25. The van der Waals surface area contributed by atoms with E-state index in [9.17, 15) is 4.79 Å². The van der Waals surface area contributed by atoms with Crippen molar-refractivity contribution in [3.05, 3.63) is 65.2 Å². The van der Waals surface area contributed by atoms with Crippen molar-refractivity contribution in [1.82, 2.24) is 20.0 Å². The molecule has 4 aromatic rings. The van der Waals surface area contributed by atoms with Crippen molar-refractivity contribution in [3.8, 4) is 0 Å². The molecule has 2 aromatic carbocycles. The molecule has 2 aromatic heterocycles. The Kier molecular flexibility index (Phi) is 5.18. The van der Waals surface area contributed by atoms with E-state index in [0.717, 1.165) is 11.1 Å². The van der Waals surface area contributed by atoms with Crippen LogP contribution in [0.5, 0.6) is 0 Å². The van der Waals surface area contributed by atoms with Crippen LogP contribution in [0.25, 0.3) is 22.2 Å². The number of carbonyl (C=O) groups is 1. The van der Waals surface area contributed by atoms with Crippen LogP contribution in [0.4, 0.5) is 5.82 Å². The summed E-state index contributed by atoms with van der Waals surface area (Å²) >= 11 is 0. The molecule has 0 fully saturated rings. The number of aromatic nitrogens is 3. The lowest BCUT2D eigenvalue weighted by Crippen LogP contribution is -2.28. The molecule has 152 valence electrons. The fraction of sp³-hybridized carbons (Fsp3) is 0.217. The first-order chi connectivity index (χ1) is 14.4. The summed E-state index contributed by atoms with van der Waals surface area (Å²) < 4.78 is 1.49. The molecule has 7 heteroatoms. The average Bonchev–Trinajstić information content (AvgIpc) is 2.99. The second-order valence-corrected chi connectivity index (χ2v) is 7.72. The Bertz CT molecular complexity index is 1270. The van der Waals surface area contributed by atoms with Crippen molar-refractivity contribution in [2.24, 2.45) is 11.0 Å². The van der Waals surface area contributed by atoms with Gasteiger partial charge in [-0.1, -0.05) is 55.8 Å². The Hall–Kier alpha value is -3.74. The molecule has 0 spiro atoms. The maximum Gasteiger partial charge on any atom is 0.257 e. The minimum absolute atomic E-state index is 0.213. The van der Waals surface area contributed by atoms with Crippen LogP contribution in [-0.2, 0) is 0 Å². The molecule has 0 unspecified atom stereocenters. The lowest BCUT2D eigenvalue weighted by molar-refractivity contribution is 0.0951. The summed E-state index contributed by atoms with van der Waals surface area (Å²) in [6, 6.07) is 15.5. The van der Waals surface area contributed by atoms with E-state index in [-0.39, 0.29) is 11.7 Å². The highest BCUT2D eigenvalue weighted by Crippen LogP contribution is 2.27. The van der Waals surface area contributed by atoms with Gasteiger partial charge in [-0.05, 0) is 30.5 Å². The number of fused-ring (bicyclic) bond motifs is 2. The molecule has 0 bridgehead atoms. The highest BCUT2D eigenvalue weighted by Gasteiger charge is 2.24. The zero-order valence-electron chi connectivity index (χ0n) is 17.3. The van der Waals surface area contributed by atoms with E-state index in [2.05, 4.69) is 15.4 Å². The molecule has 0 saturated carbocycles. The van der Waals surface area contributed by atoms with Gasteiger partial charge >= 0.3 is 0 Å². The number of nitrogens with two attached hydrogens (primary N) is 1. The first kappa shape index (κ1) is 19.6. The predicted octanol–water partition coefficient (Wildman–Crippen LogP) is 3.74. The molecule has 0 aliphatic heterocycles. The number of nitrogens with zero attached hydrogens (tertiary/aromatic N) is 4. The third-order valence-corrected chi connectivity index (χ3v) is 4.74. The third-order valence-electron chi connectivity index (χ3n) is 4.74. The van der Waals surface area contributed by atoms with Gasteiger partial charge in [0.1, 0.15) is 16.9 Å². The van der Waals surface area contributed by atoms with Crippen LogP contribution in [0.15, 0.2) is 53.6 Å². The summed E-state index contributed by atoms with van der Waals surface area (Å²) in [5, 5.41) is 7.46. The number of aryl methyl sites for hydroxylation is 1. The van der Waals surface area contributed by atoms with Crippen molar-refractivity contribution in [2.45, 2.75) is 20.8 Å². The molecule has 0 aliphatic rings. The first-order valence-electron chi connectivity index (χ1n) is 9.90. The van der Waals surface area contributed by atoms with Crippen molar-refractivity contribution in [1.29, 1.82) is 0 Å². The zero-order chi connectivity index (χ0) is 21.3. The van der Waals surface area contributed by atoms with Gasteiger partial charge in [0.15, 0.2) is 5.65 Å². The highest BCUT2D eigenvalue weighted by molar-refractivity contribution is 6.10. The first-order valence-corrected chi connectivity index (χ1v) is 9.90. The summed E-state index contributed by atoms with van der Waals surface area (Å²) in [5.41, 5.74) is 11.0. The Balaban J connectivity index is 1.89. The number of hydrogen-bond donors (Lipinski definition) is 2. The van der Waals surface area contributed by atoms with Gasteiger partial charge in [0.05, 0.1) is 17.2 Å². The lowest BCUT2D eigenvalue weighted by Gasteiger charge is -2.07. The van der Waals surface area contributed by atoms with Crippen molar-refractivity contribution in [2.75, 3.05) is 12.3 Å². The molecular formula is C23H24N6O. The summed E-state index contributed by atoms with van der Waals surface area (Å²) in [5.74, 6) is 0.250. The smallest absolute Gasteiger partial charge is 0.257 e. The van der Waals surface area contributed by atoms with E-state index in [1.807, 2.05) is 69.3 Å². The molecule has 2 heterocycles.